The van der Waals surface area contributed by atoms with Gasteiger partial charge in [0.1, 0.15) is 11.8 Å². The molecule has 11 heteroatoms. The minimum atomic E-state index is -0.590. The van der Waals surface area contributed by atoms with Crippen molar-refractivity contribution in [3.63, 3.8) is 0 Å². The summed E-state index contributed by atoms with van der Waals surface area (Å²) in [5.41, 5.74) is 2.32. The van der Waals surface area contributed by atoms with Crippen molar-refractivity contribution >= 4 is 52.1 Å². The number of nitrogens with one attached hydrogen (secondary N) is 1. The number of rotatable bonds is 6. The maximum atomic E-state index is 13.8. The lowest BCUT2D eigenvalue weighted by Crippen LogP contribution is -2.40. The molecule has 0 radical (unpaired) electrons. The number of aryl methyl sites for hydroxylation is 1. The molecule has 6 rings (SSSR count). The average molecular weight is 572 g/mol. The van der Waals surface area contributed by atoms with Gasteiger partial charge in [-0.3, -0.25) is 14.2 Å². The summed E-state index contributed by atoms with van der Waals surface area (Å²) in [4.78, 5) is 42.0. The Labute approximate surface area is 235 Å². The SMILES string of the molecule is CC1=C(C(=O)Nc2ccccc2)[C@@H](c2cccs2)n2c(s/c(=C/c3ccc(Sc4nccc(C)n4)o3)c2=O)=N1. The van der Waals surface area contributed by atoms with Gasteiger partial charge in [-0.1, -0.05) is 35.6 Å². The molecule has 0 saturated carbocycles. The van der Waals surface area contributed by atoms with Gasteiger partial charge in [0.05, 0.1) is 15.8 Å². The molecule has 1 aliphatic heterocycles. The molecular formula is C28H21N5O3S3. The fourth-order valence-electron chi connectivity index (χ4n) is 4.21. The highest BCUT2D eigenvalue weighted by Crippen LogP contribution is 2.33. The standard InChI is InChI=1S/C28H21N5O3S3/c1-16-12-13-29-27(30-16)39-22-11-10-19(36-22)15-21-26(35)33-24(20-9-6-14-37-20)23(17(2)31-28(33)38-21)25(34)32-18-7-4-3-5-8-18/h3-15,24H,1-2H3,(H,32,34)/b21-15+/t24-/m1/s1. The Morgan fingerprint density at radius 1 is 1.10 bits per heavy atom. The van der Waals surface area contributed by atoms with E-state index >= 15 is 0 Å². The molecule has 4 aromatic heterocycles. The molecule has 5 aromatic rings. The van der Waals surface area contributed by atoms with E-state index in [0.717, 1.165) is 10.6 Å². The number of hydrogen-bond donors (Lipinski definition) is 1. The second-order valence-electron chi connectivity index (χ2n) is 8.66. The number of fused-ring (bicyclic) bond motifs is 1. The normalized spacial score (nSPS) is 15.2. The van der Waals surface area contributed by atoms with Crippen LogP contribution in [0.2, 0.25) is 0 Å². The molecule has 0 saturated heterocycles. The fourth-order valence-corrected chi connectivity index (χ4v) is 6.82. The Morgan fingerprint density at radius 3 is 2.72 bits per heavy atom. The second-order valence-corrected chi connectivity index (χ2v) is 11.6. The van der Waals surface area contributed by atoms with Crippen molar-refractivity contribution in [2.45, 2.75) is 30.1 Å². The number of allylic oxidation sites excluding steroid dienone is 1. The molecule has 0 fully saturated rings. The number of benzene rings is 1. The molecule has 0 spiro atoms. The summed E-state index contributed by atoms with van der Waals surface area (Å²) >= 11 is 4.08. The van der Waals surface area contributed by atoms with Gasteiger partial charge in [-0.15, -0.1) is 11.3 Å². The molecule has 39 heavy (non-hydrogen) atoms. The van der Waals surface area contributed by atoms with E-state index in [1.54, 1.807) is 29.8 Å². The Morgan fingerprint density at radius 2 is 1.95 bits per heavy atom. The predicted molar refractivity (Wildman–Crippen MR) is 153 cm³/mol. The van der Waals surface area contributed by atoms with Crippen molar-refractivity contribution in [3.05, 3.63) is 120 Å². The van der Waals surface area contributed by atoms with Crippen LogP contribution < -0.4 is 20.2 Å². The van der Waals surface area contributed by atoms with Gasteiger partial charge in [-0.2, -0.15) is 0 Å². The van der Waals surface area contributed by atoms with E-state index in [2.05, 4.69) is 20.3 Å². The monoisotopic (exact) mass is 571 g/mol. The van der Waals surface area contributed by atoms with E-state index in [-0.39, 0.29) is 11.5 Å². The Hall–Kier alpha value is -4.06. The predicted octanol–water partition coefficient (Wildman–Crippen LogP) is 4.78. The zero-order valence-electron chi connectivity index (χ0n) is 20.8. The van der Waals surface area contributed by atoms with E-state index in [9.17, 15) is 9.59 Å². The molecule has 194 valence electrons. The van der Waals surface area contributed by atoms with E-state index < -0.39 is 6.04 Å². The van der Waals surface area contributed by atoms with E-state index in [1.807, 2.05) is 66.9 Å². The van der Waals surface area contributed by atoms with Crippen LogP contribution in [0, 0.1) is 6.92 Å². The number of nitrogens with zero attached hydrogens (tertiary/aromatic N) is 4. The second kappa shape index (κ2) is 10.6. The molecule has 1 aromatic carbocycles. The van der Waals surface area contributed by atoms with Crippen LogP contribution in [0.4, 0.5) is 5.69 Å². The van der Waals surface area contributed by atoms with Gasteiger partial charge < -0.3 is 9.73 Å². The molecule has 0 unspecified atom stereocenters. The smallest absolute Gasteiger partial charge is 0.271 e. The lowest BCUT2D eigenvalue weighted by atomic mass is 10.0. The summed E-state index contributed by atoms with van der Waals surface area (Å²) in [5.74, 6) is 0.238. The number of hydrogen-bond acceptors (Lipinski definition) is 9. The molecule has 1 N–H and O–H groups in total. The number of para-hydroxylation sites is 1. The topological polar surface area (TPSA) is 102 Å². The number of thiazole rings is 1. The third kappa shape index (κ3) is 5.16. The first kappa shape index (κ1) is 25.2. The summed E-state index contributed by atoms with van der Waals surface area (Å²) in [6.07, 6.45) is 3.41. The highest BCUT2D eigenvalue weighted by atomic mass is 32.2. The van der Waals surface area contributed by atoms with E-state index in [4.69, 9.17) is 4.42 Å². The highest BCUT2D eigenvalue weighted by molar-refractivity contribution is 7.99. The van der Waals surface area contributed by atoms with Gasteiger partial charge in [0.2, 0.25) is 0 Å². The zero-order chi connectivity index (χ0) is 26.9. The van der Waals surface area contributed by atoms with Crippen LogP contribution in [0.1, 0.15) is 29.3 Å². The third-order valence-corrected chi connectivity index (χ3v) is 8.66. The van der Waals surface area contributed by atoms with Crippen molar-refractivity contribution in [2.75, 3.05) is 5.32 Å². The minimum absolute atomic E-state index is 0.234. The zero-order valence-corrected chi connectivity index (χ0v) is 23.3. The number of aromatic nitrogens is 3. The van der Waals surface area contributed by atoms with E-state index in [1.165, 1.54) is 34.4 Å². The van der Waals surface area contributed by atoms with Crippen molar-refractivity contribution in [1.82, 2.24) is 14.5 Å². The molecular weight excluding hydrogens is 551 g/mol. The Balaban J connectivity index is 1.38. The van der Waals surface area contributed by atoms with Gasteiger partial charge in [-0.25, -0.2) is 15.0 Å². The van der Waals surface area contributed by atoms with Gasteiger partial charge in [0, 0.05) is 28.5 Å². The molecule has 0 bridgehead atoms. The molecule has 8 nitrogen and oxygen atoms in total. The number of carbonyl (C=O) groups is 1. The lowest BCUT2D eigenvalue weighted by Gasteiger charge is -2.24. The first-order chi connectivity index (χ1) is 19.0. The largest absolute Gasteiger partial charge is 0.450 e. The Bertz CT molecular complexity index is 1890. The Kier molecular flexibility index (Phi) is 6.86. The summed E-state index contributed by atoms with van der Waals surface area (Å²) < 4.78 is 8.02. The summed E-state index contributed by atoms with van der Waals surface area (Å²) in [5, 5.41) is 6.10. The van der Waals surface area contributed by atoms with Gasteiger partial charge >= 0.3 is 0 Å². The summed E-state index contributed by atoms with van der Waals surface area (Å²) in [6, 6.07) is 18.0. The first-order valence-electron chi connectivity index (χ1n) is 12.0. The van der Waals surface area contributed by atoms with Crippen LogP contribution in [-0.4, -0.2) is 20.4 Å². The number of thiophene rings is 1. The summed E-state index contributed by atoms with van der Waals surface area (Å²) in [7, 11) is 0. The lowest BCUT2D eigenvalue weighted by molar-refractivity contribution is -0.113. The highest BCUT2D eigenvalue weighted by Gasteiger charge is 2.33. The van der Waals surface area contributed by atoms with Crippen LogP contribution >= 0.6 is 34.4 Å². The minimum Gasteiger partial charge on any atom is -0.450 e. The van der Waals surface area contributed by atoms with Gasteiger partial charge in [0.25, 0.3) is 11.5 Å². The molecule has 1 aliphatic rings. The molecule has 1 amide bonds. The molecule has 5 heterocycles. The van der Waals surface area contributed by atoms with Crippen molar-refractivity contribution in [1.29, 1.82) is 0 Å². The van der Waals surface area contributed by atoms with Crippen LogP contribution in [-0.2, 0) is 4.79 Å². The fraction of sp³-hybridized carbons (Fsp3) is 0.107. The first-order valence-corrected chi connectivity index (χ1v) is 14.5. The third-order valence-electron chi connectivity index (χ3n) is 5.95. The summed E-state index contributed by atoms with van der Waals surface area (Å²) in [6.45, 7) is 3.71. The van der Waals surface area contributed by atoms with E-state index in [0.29, 0.717) is 42.3 Å². The van der Waals surface area contributed by atoms with Crippen LogP contribution in [0.25, 0.3) is 6.08 Å². The van der Waals surface area contributed by atoms with Crippen molar-refractivity contribution in [2.24, 2.45) is 4.99 Å². The number of anilines is 1. The van der Waals surface area contributed by atoms with Crippen molar-refractivity contribution in [3.8, 4) is 0 Å². The van der Waals surface area contributed by atoms with Crippen molar-refractivity contribution < 1.29 is 9.21 Å². The number of furan rings is 1. The maximum Gasteiger partial charge on any atom is 0.271 e. The quantitative estimate of drug-likeness (QED) is 0.295. The van der Waals surface area contributed by atoms with Crippen LogP contribution in [0.3, 0.4) is 0 Å². The molecule has 0 aliphatic carbocycles. The number of amides is 1. The average Bonchev–Trinajstić information content (AvgIpc) is 3.66. The van der Waals surface area contributed by atoms with Crippen LogP contribution in [0.15, 0.2) is 108 Å². The maximum absolute atomic E-state index is 13.8. The van der Waals surface area contributed by atoms with Gasteiger partial charge in [0.15, 0.2) is 15.1 Å². The van der Waals surface area contributed by atoms with Gasteiger partial charge in [-0.05, 0) is 67.4 Å². The number of carbonyl (C=O) groups excluding carboxylic acids is 1. The molecule has 1 atom stereocenters. The van der Waals surface area contributed by atoms with Crippen LogP contribution in [0.5, 0.6) is 0 Å².